The zero-order valence-corrected chi connectivity index (χ0v) is 21.3. The number of para-hydroxylation sites is 1. The van der Waals surface area contributed by atoms with Crippen molar-refractivity contribution in [2.45, 2.75) is 44.3 Å². The highest BCUT2D eigenvalue weighted by Crippen LogP contribution is 2.40. The van der Waals surface area contributed by atoms with E-state index in [-0.39, 0.29) is 17.2 Å². The van der Waals surface area contributed by atoms with Crippen molar-refractivity contribution in [1.82, 2.24) is 9.80 Å². The van der Waals surface area contributed by atoms with Crippen LogP contribution in [0.3, 0.4) is 0 Å². The highest BCUT2D eigenvalue weighted by molar-refractivity contribution is 5.96. The first-order valence-electron chi connectivity index (χ1n) is 13.0. The van der Waals surface area contributed by atoms with Crippen LogP contribution >= 0.6 is 0 Å². The molecule has 39 heavy (non-hydrogen) atoms. The van der Waals surface area contributed by atoms with Crippen LogP contribution in [0.4, 0.5) is 13.2 Å². The number of alkyl halides is 2. The van der Waals surface area contributed by atoms with Crippen LogP contribution in [0.15, 0.2) is 72.8 Å². The Labute approximate surface area is 224 Å². The van der Waals surface area contributed by atoms with Gasteiger partial charge in [-0.15, -0.1) is 0 Å². The summed E-state index contributed by atoms with van der Waals surface area (Å²) in [5, 5.41) is 0. The molecule has 204 valence electrons. The average molecular weight is 539 g/mol. The molecule has 3 aromatic rings. The van der Waals surface area contributed by atoms with Crippen LogP contribution in [0.1, 0.15) is 52.8 Å². The fourth-order valence-corrected chi connectivity index (χ4v) is 5.62. The van der Waals surface area contributed by atoms with Crippen LogP contribution < -0.4 is 9.47 Å². The van der Waals surface area contributed by atoms with Crippen LogP contribution in [0.25, 0.3) is 0 Å². The van der Waals surface area contributed by atoms with Crippen molar-refractivity contribution < 1.29 is 32.2 Å². The Kier molecular flexibility index (Phi) is 7.77. The maximum atomic E-state index is 14.7. The third-order valence-corrected chi connectivity index (χ3v) is 7.52. The van der Waals surface area contributed by atoms with Gasteiger partial charge < -0.3 is 19.3 Å². The third kappa shape index (κ3) is 5.87. The number of likely N-dealkylation sites (tertiary alicyclic amines) is 2. The number of rotatable bonds is 6. The standard InChI is InChI=1S/C30H29F3N2O4/c31-26-20-24(39-29(32)33)12-13-25(26)28(37)35-18-5-15-30(35)14-4-17-34(19-16-30)27(36)21-8-10-23(11-9-21)38-22-6-2-1-3-7-22/h1-3,6-13,20,29H,4-5,14-19H2. The lowest BCUT2D eigenvalue weighted by molar-refractivity contribution is -0.0500. The number of amides is 2. The lowest BCUT2D eigenvalue weighted by Gasteiger charge is -2.38. The molecule has 1 unspecified atom stereocenters. The molecule has 0 radical (unpaired) electrons. The summed E-state index contributed by atoms with van der Waals surface area (Å²) in [4.78, 5) is 30.2. The van der Waals surface area contributed by atoms with Crippen molar-refractivity contribution in [1.29, 1.82) is 0 Å². The summed E-state index contributed by atoms with van der Waals surface area (Å²) in [6.45, 7) is -1.58. The Morgan fingerprint density at radius 2 is 1.44 bits per heavy atom. The molecule has 6 nitrogen and oxygen atoms in total. The van der Waals surface area contributed by atoms with Gasteiger partial charge >= 0.3 is 6.61 Å². The van der Waals surface area contributed by atoms with Gasteiger partial charge in [0.2, 0.25) is 0 Å². The highest BCUT2D eigenvalue weighted by Gasteiger charge is 2.45. The van der Waals surface area contributed by atoms with Gasteiger partial charge in [0.05, 0.1) is 5.56 Å². The van der Waals surface area contributed by atoms with Gasteiger partial charge in [-0.3, -0.25) is 9.59 Å². The maximum Gasteiger partial charge on any atom is 0.387 e. The molecule has 2 heterocycles. The molecule has 0 N–H and O–H groups in total. The third-order valence-electron chi connectivity index (χ3n) is 7.52. The number of nitrogens with zero attached hydrogens (tertiary/aromatic N) is 2. The second-order valence-electron chi connectivity index (χ2n) is 9.89. The summed E-state index contributed by atoms with van der Waals surface area (Å²) < 4.78 is 49.7. The Hall–Kier alpha value is -4.01. The second-order valence-corrected chi connectivity index (χ2v) is 9.89. The van der Waals surface area contributed by atoms with E-state index in [1.807, 2.05) is 30.3 Å². The number of ether oxygens (including phenoxy) is 2. The minimum atomic E-state index is -3.08. The zero-order valence-electron chi connectivity index (χ0n) is 21.3. The fraction of sp³-hybridized carbons (Fsp3) is 0.333. The number of benzene rings is 3. The van der Waals surface area contributed by atoms with Gasteiger partial charge in [-0.25, -0.2) is 4.39 Å². The Bertz CT molecular complexity index is 1320. The molecular weight excluding hydrogens is 509 g/mol. The van der Waals surface area contributed by atoms with E-state index in [1.165, 1.54) is 12.1 Å². The number of carbonyl (C=O) groups is 2. The molecule has 1 spiro atoms. The molecule has 0 aromatic heterocycles. The SMILES string of the molecule is O=C(c1ccc(Oc2ccccc2)cc1)N1CCCC2(CCCN2C(=O)c2ccc(OC(F)F)cc2F)CC1. The minimum absolute atomic E-state index is 0.0881. The summed E-state index contributed by atoms with van der Waals surface area (Å²) in [5.74, 6) is -0.447. The monoisotopic (exact) mass is 538 g/mol. The van der Waals surface area contributed by atoms with Crippen molar-refractivity contribution in [3.63, 3.8) is 0 Å². The van der Waals surface area contributed by atoms with Gasteiger partial charge in [-0.05, 0) is 80.6 Å². The van der Waals surface area contributed by atoms with E-state index in [0.717, 1.165) is 18.9 Å². The van der Waals surface area contributed by atoms with Crippen LogP contribution in [0, 0.1) is 5.82 Å². The molecule has 3 aromatic carbocycles. The predicted molar refractivity (Wildman–Crippen MR) is 139 cm³/mol. The van der Waals surface area contributed by atoms with Gasteiger partial charge in [0.25, 0.3) is 11.8 Å². The summed E-state index contributed by atoms with van der Waals surface area (Å²) in [7, 11) is 0. The van der Waals surface area contributed by atoms with Crippen molar-refractivity contribution in [3.05, 3.63) is 89.7 Å². The van der Waals surface area contributed by atoms with Crippen molar-refractivity contribution in [2.75, 3.05) is 19.6 Å². The summed E-state index contributed by atoms with van der Waals surface area (Å²) >= 11 is 0. The first kappa shape index (κ1) is 26.6. The molecule has 1 atom stereocenters. The Balaban J connectivity index is 1.25. The van der Waals surface area contributed by atoms with Gasteiger partial charge in [-0.1, -0.05) is 18.2 Å². The van der Waals surface area contributed by atoms with Gasteiger partial charge in [0.15, 0.2) is 0 Å². The lowest BCUT2D eigenvalue weighted by Crippen LogP contribution is -2.48. The largest absolute Gasteiger partial charge is 0.457 e. The number of hydrogen-bond acceptors (Lipinski definition) is 4. The molecule has 2 aliphatic heterocycles. The zero-order chi connectivity index (χ0) is 27.4. The van der Waals surface area contributed by atoms with E-state index in [0.29, 0.717) is 56.0 Å². The minimum Gasteiger partial charge on any atom is -0.457 e. The van der Waals surface area contributed by atoms with E-state index < -0.39 is 23.9 Å². The van der Waals surface area contributed by atoms with E-state index in [1.54, 1.807) is 34.1 Å². The van der Waals surface area contributed by atoms with E-state index >= 15 is 0 Å². The van der Waals surface area contributed by atoms with Crippen molar-refractivity contribution >= 4 is 11.8 Å². The summed E-state index contributed by atoms with van der Waals surface area (Å²) in [6.07, 6.45) is 3.51. The molecule has 2 fully saturated rings. The molecule has 0 aliphatic carbocycles. The normalized spacial score (nSPS) is 19.3. The van der Waals surface area contributed by atoms with Crippen LogP contribution in [-0.2, 0) is 0 Å². The van der Waals surface area contributed by atoms with E-state index in [2.05, 4.69) is 4.74 Å². The Morgan fingerprint density at radius 3 is 2.13 bits per heavy atom. The first-order valence-corrected chi connectivity index (χ1v) is 13.0. The van der Waals surface area contributed by atoms with Gasteiger partial charge in [-0.2, -0.15) is 8.78 Å². The van der Waals surface area contributed by atoms with Crippen LogP contribution in [-0.4, -0.2) is 53.4 Å². The molecule has 0 saturated carbocycles. The first-order chi connectivity index (χ1) is 18.8. The van der Waals surface area contributed by atoms with Crippen LogP contribution in [0.5, 0.6) is 17.2 Å². The molecule has 5 rings (SSSR count). The molecule has 2 amide bonds. The maximum absolute atomic E-state index is 14.7. The summed E-state index contributed by atoms with van der Waals surface area (Å²) in [5.41, 5.74) is -0.101. The number of halogens is 3. The summed E-state index contributed by atoms with van der Waals surface area (Å²) in [6, 6.07) is 19.6. The highest BCUT2D eigenvalue weighted by atomic mass is 19.3. The number of carbonyl (C=O) groups excluding carboxylic acids is 2. The molecular formula is C30H29F3N2O4. The molecule has 0 bridgehead atoms. The topological polar surface area (TPSA) is 59.1 Å². The lowest BCUT2D eigenvalue weighted by atomic mass is 9.87. The van der Waals surface area contributed by atoms with Gasteiger partial charge in [0.1, 0.15) is 23.1 Å². The quantitative estimate of drug-likeness (QED) is 0.359. The van der Waals surface area contributed by atoms with Gasteiger partial charge in [0, 0.05) is 36.8 Å². The Morgan fingerprint density at radius 1 is 0.769 bits per heavy atom. The second kappa shape index (κ2) is 11.4. The predicted octanol–water partition coefficient (Wildman–Crippen LogP) is 6.52. The molecule has 2 saturated heterocycles. The fourth-order valence-electron chi connectivity index (χ4n) is 5.62. The van der Waals surface area contributed by atoms with Crippen molar-refractivity contribution in [2.24, 2.45) is 0 Å². The van der Waals surface area contributed by atoms with E-state index in [4.69, 9.17) is 4.74 Å². The van der Waals surface area contributed by atoms with Crippen molar-refractivity contribution in [3.8, 4) is 17.2 Å². The van der Waals surface area contributed by atoms with Crippen LogP contribution in [0.2, 0.25) is 0 Å². The smallest absolute Gasteiger partial charge is 0.387 e. The number of hydrogen-bond donors (Lipinski definition) is 0. The van der Waals surface area contributed by atoms with E-state index in [9.17, 15) is 22.8 Å². The average Bonchev–Trinajstić information content (AvgIpc) is 3.21. The molecule has 9 heteroatoms. The molecule has 2 aliphatic rings.